The fraction of sp³-hybridized carbons (Fsp3) is 0.385. The molecule has 1 atom stereocenters. The van der Waals surface area contributed by atoms with Gasteiger partial charge in [-0.1, -0.05) is 61.6 Å². The molecule has 0 fully saturated rings. The smallest absolute Gasteiger partial charge is 0.617 e. The van der Waals surface area contributed by atoms with Crippen molar-refractivity contribution in [3.05, 3.63) is 42.4 Å². The fourth-order valence-electron chi connectivity index (χ4n) is 1.61. The van der Waals surface area contributed by atoms with Gasteiger partial charge < -0.3 is 9.84 Å². The Labute approximate surface area is 117 Å². The molecule has 0 saturated heterocycles. The Morgan fingerprint density at radius 1 is 1.29 bits per heavy atom. The Hall–Kier alpha value is -0.626. The summed E-state index contributed by atoms with van der Waals surface area (Å²) in [7, 11) is -0.199. The van der Waals surface area contributed by atoms with Crippen molar-refractivity contribution in [2.75, 3.05) is 7.11 Å². The van der Waals surface area contributed by atoms with Gasteiger partial charge in [-0.2, -0.15) is 0 Å². The molecule has 0 aliphatic rings. The Bertz CT molecular complexity index is 363. The largest absolute Gasteiger partial charge is 1.00 e. The molecule has 1 aromatic rings. The Balaban J connectivity index is 0.00000256. The molecule has 0 aromatic heterocycles. The molecule has 0 aliphatic carbocycles. The van der Waals surface area contributed by atoms with E-state index in [1.54, 1.807) is 6.08 Å². The standard InChI is InChI=1S/C13H20O2Si.Li/c1-11(10-13(14)15-2)16(3,4)12-8-6-5-7-9-12;/h5-11,14H,1-4H3;/q;+1/p-1/b13-10+;. The molecule has 0 bridgehead atoms. The average molecular weight is 242 g/mol. The van der Waals surface area contributed by atoms with E-state index >= 15 is 0 Å². The summed E-state index contributed by atoms with van der Waals surface area (Å²) < 4.78 is 4.68. The van der Waals surface area contributed by atoms with Crippen molar-refractivity contribution in [3.8, 4) is 0 Å². The number of methoxy groups -OCH3 is 1. The minimum absolute atomic E-state index is 0. The van der Waals surface area contributed by atoms with Gasteiger partial charge in [-0.05, 0) is 12.7 Å². The van der Waals surface area contributed by atoms with E-state index in [-0.39, 0.29) is 30.3 Å². The van der Waals surface area contributed by atoms with Crippen molar-refractivity contribution in [1.29, 1.82) is 0 Å². The van der Waals surface area contributed by atoms with Crippen LogP contribution in [0.2, 0.25) is 18.6 Å². The van der Waals surface area contributed by atoms with Gasteiger partial charge >= 0.3 is 18.9 Å². The first-order valence-corrected chi connectivity index (χ1v) is 8.54. The predicted molar refractivity (Wildman–Crippen MR) is 68.1 cm³/mol. The first-order chi connectivity index (χ1) is 7.48. The molecule has 0 aliphatic heterocycles. The van der Waals surface area contributed by atoms with Crippen molar-refractivity contribution in [1.82, 2.24) is 0 Å². The molecule has 0 radical (unpaired) electrons. The summed E-state index contributed by atoms with van der Waals surface area (Å²) in [5.41, 5.74) is 0.266. The van der Waals surface area contributed by atoms with Crippen LogP contribution in [0.1, 0.15) is 6.92 Å². The molecule has 1 aromatic carbocycles. The Morgan fingerprint density at radius 3 is 2.29 bits per heavy atom. The second kappa shape index (κ2) is 6.95. The van der Waals surface area contributed by atoms with Gasteiger partial charge in [0.05, 0.1) is 8.07 Å². The minimum Gasteiger partial charge on any atom is -0.617 e. The van der Waals surface area contributed by atoms with E-state index in [1.165, 1.54) is 12.3 Å². The molecule has 88 valence electrons. The van der Waals surface area contributed by atoms with Crippen LogP contribution in [0, 0.1) is 0 Å². The van der Waals surface area contributed by atoms with Crippen LogP contribution >= 0.6 is 0 Å². The van der Waals surface area contributed by atoms with Crippen LogP contribution in [0.15, 0.2) is 42.4 Å². The monoisotopic (exact) mass is 242 g/mol. The van der Waals surface area contributed by atoms with Crippen LogP contribution < -0.4 is 29.2 Å². The van der Waals surface area contributed by atoms with Crippen molar-refractivity contribution in [2.24, 2.45) is 0 Å². The van der Waals surface area contributed by atoms with Gasteiger partial charge in [0.2, 0.25) is 0 Å². The molecule has 4 heteroatoms. The van der Waals surface area contributed by atoms with Crippen LogP contribution in [0.25, 0.3) is 0 Å². The molecular weight excluding hydrogens is 223 g/mol. The molecule has 17 heavy (non-hydrogen) atoms. The third-order valence-corrected chi connectivity index (χ3v) is 7.51. The Kier molecular flexibility index (Phi) is 6.70. The summed E-state index contributed by atoms with van der Waals surface area (Å²) in [5.74, 6) is -0.232. The zero-order valence-corrected chi connectivity index (χ0v) is 12.4. The maximum Gasteiger partial charge on any atom is 1.00 e. The van der Waals surface area contributed by atoms with Crippen molar-refractivity contribution in [3.63, 3.8) is 0 Å². The van der Waals surface area contributed by atoms with Crippen LogP contribution in [-0.4, -0.2) is 15.2 Å². The summed E-state index contributed by atoms with van der Waals surface area (Å²) in [6, 6.07) is 10.4. The van der Waals surface area contributed by atoms with Crippen LogP contribution in [0.3, 0.4) is 0 Å². The topological polar surface area (TPSA) is 32.3 Å². The van der Waals surface area contributed by atoms with E-state index in [2.05, 4.69) is 49.0 Å². The molecule has 2 nitrogen and oxygen atoms in total. The van der Waals surface area contributed by atoms with E-state index in [1.807, 2.05) is 6.07 Å². The first kappa shape index (κ1) is 16.4. The number of hydrogen-bond acceptors (Lipinski definition) is 2. The molecular formula is C13H19LiO2Si. The molecule has 0 spiro atoms. The van der Waals surface area contributed by atoms with Gasteiger partial charge in [-0.25, -0.2) is 0 Å². The van der Waals surface area contributed by atoms with E-state index in [0.717, 1.165) is 0 Å². The maximum atomic E-state index is 11.2. The van der Waals surface area contributed by atoms with Gasteiger partial charge in [0, 0.05) is 5.95 Å². The number of rotatable bonds is 4. The summed E-state index contributed by atoms with van der Waals surface area (Å²) in [6.07, 6.45) is 1.69. The number of ether oxygens (including phenoxy) is 1. The number of benzene rings is 1. The van der Waals surface area contributed by atoms with E-state index in [0.29, 0.717) is 0 Å². The summed E-state index contributed by atoms with van der Waals surface area (Å²) in [6.45, 7) is 6.63. The predicted octanol–water partition coefficient (Wildman–Crippen LogP) is -1.16. The quantitative estimate of drug-likeness (QED) is 0.493. The normalized spacial score (nSPS) is 13.8. The minimum atomic E-state index is -1.62. The van der Waals surface area contributed by atoms with Crippen LogP contribution in [0.4, 0.5) is 0 Å². The van der Waals surface area contributed by atoms with Gasteiger partial charge in [0.15, 0.2) is 0 Å². The van der Waals surface area contributed by atoms with Crippen LogP contribution in [0.5, 0.6) is 0 Å². The van der Waals surface area contributed by atoms with Crippen molar-refractivity contribution < 1.29 is 28.7 Å². The van der Waals surface area contributed by atoms with Crippen molar-refractivity contribution >= 4 is 13.3 Å². The fourth-order valence-corrected chi connectivity index (χ4v) is 3.74. The third-order valence-electron chi connectivity index (χ3n) is 3.24. The summed E-state index contributed by atoms with van der Waals surface area (Å²) in [5, 5.41) is 12.6. The SMILES string of the molecule is CO/C([O-])=C/C(C)[Si](C)(C)c1ccccc1.[Li+]. The molecule has 0 saturated carbocycles. The summed E-state index contributed by atoms with van der Waals surface area (Å²) >= 11 is 0. The maximum absolute atomic E-state index is 11.2. The van der Waals surface area contributed by atoms with E-state index < -0.39 is 8.07 Å². The first-order valence-electron chi connectivity index (χ1n) is 5.47. The van der Waals surface area contributed by atoms with Gasteiger partial charge in [0.25, 0.3) is 0 Å². The second-order valence-corrected chi connectivity index (χ2v) is 9.50. The molecule has 0 heterocycles. The van der Waals surface area contributed by atoms with Crippen molar-refractivity contribution in [2.45, 2.75) is 25.6 Å². The van der Waals surface area contributed by atoms with E-state index in [4.69, 9.17) is 0 Å². The molecule has 1 unspecified atom stereocenters. The zero-order chi connectivity index (χ0) is 12.2. The average Bonchev–Trinajstić information content (AvgIpc) is 2.29. The third kappa shape index (κ3) is 4.27. The molecule has 0 amide bonds. The molecule has 0 N–H and O–H groups in total. The summed E-state index contributed by atoms with van der Waals surface area (Å²) in [4.78, 5) is 0. The Morgan fingerprint density at radius 2 is 1.82 bits per heavy atom. The number of hydrogen-bond donors (Lipinski definition) is 0. The molecule has 1 rings (SSSR count). The van der Waals surface area contributed by atoms with Gasteiger partial charge in [0.1, 0.15) is 0 Å². The van der Waals surface area contributed by atoms with Gasteiger partial charge in [-0.3, -0.25) is 0 Å². The van der Waals surface area contributed by atoms with Crippen LogP contribution in [-0.2, 0) is 4.74 Å². The number of allylic oxidation sites excluding steroid dienone is 1. The van der Waals surface area contributed by atoms with E-state index in [9.17, 15) is 5.11 Å². The second-order valence-electron chi connectivity index (χ2n) is 4.57. The van der Waals surface area contributed by atoms with Gasteiger partial charge in [-0.15, -0.1) is 0 Å². The zero-order valence-electron chi connectivity index (χ0n) is 11.4.